The van der Waals surface area contributed by atoms with Crippen LogP contribution in [-0.2, 0) is 19.6 Å². The summed E-state index contributed by atoms with van der Waals surface area (Å²) in [7, 11) is 0. The molecule has 2 heterocycles. The first-order chi connectivity index (χ1) is 16.4. The number of rotatable bonds is 8. The van der Waals surface area contributed by atoms with Gasteiger partial charge in [0.2, 0.25) is 0 Å². The standard InChI is InChI=1S/C24H18Cl3N3O4/c25-16-4-1-3-15(9-16)12-28-23(31)22-11-19(34-29-22)14-30(13-18-5-2-8-33-18)24(32)20-7-6-17(26)10-21(20)27/h1-11H,12-14H2,(H,28,31). The van der Waals surface area contributed by atoms with Crippen LogP contribution < -0.4 is 5.32 Å². The van der Waals surface area contributed by atoms with Gasteiger partial charge in [0.05, 0.1) is 29.9 Å². The van der Waals surface area contributed by atoms with Gasteiger partial charge < -0.3 is 19.2 Å². The van der Waals surface area contributed by atoms with Crippen LogP contribution in [0.4, 0.5) is 0 Å². The minimum absolute atomic E-state index is 0.0348. The van der Waals surface area contributed by atoms with Gasteiger partial charge in [-0.3, -0.25) is 9.59 Å². The summed E-state index contributed by atoms with van der Waals surface area (Å²) in [4.78, 5) is 27.2. The van der Waals surface area contributed by atoms with Gasteiger partial charge in [0.15, 0.2) is 11.5 Å². The minimum Gasteiger partial charge on any atom is -0.467 e. The Kier molecular flexibility index (Phi) is 7.57. The lowest BCUT2D eigenvalue weighted by molar-refractivity contribution is 0.0700. The Bertz CT molecular complexity index is 1300. The van der Waals surface area contributed by atoms with E-state index in [2.05, 4.69) is 10.5 Å². The predicted molar refractivity (Wildman–Crippen MR) is 128 cm³/mol. The van der Waals surface area contributed by atoms with E-state index in [4.69, 9.17) is 43.7 Å². The second-order valence-electron chi connectivity index (χ2n) is 7.36. The highest BCUT2D eigenvalue weighted by Crippen LogP contribution is 2.24. The summed E-state index contributed by atoms with van der Waals surface area (Å²) in [5.41, 5.74) is 1.21. The van der Waals surface area contributed by atoms with Crippen molar-refractivity contribution in [2.75, 3.05) is 0 Å². The Hall–Kier alpha value is -3.26. The highest BCUT2D eigenvalue weighted by Gasteiger charge is 2.23. The van der Waals surface area contributed by atoms with E-state index in [9.17, 15) is 9.59 Å². The van der Waals surface area contributed by atoms with Gasteiger partial charge in [-0.25, -0.2) is 0 Å². The maximum Gasteiger partial charge on any atom is 0.273 e. The van der Waals surface area contributed by atoms with Crippen LogP contribution in [0.5, 0.6) is 0 Å². The molecule has 4 rings (SSSR count). The lowest BCUT2D eigenvalue weighted by Gasteiger charge is -2.21. The molecule has 10 heteroatoms. The number of aromatic nitrogens is 1. The molecule has 34 heavy (non-hydrogen) atoms. The number of hydrogen-bond donors (Lipinski definition) is 1. The lowest BCUT2D eigenvalue weighted by atomic mass is 10.2. The first kappa shape index (κ1) is 23.9. The Morgan fingerprint density at radius 1 is 0.912 bits per heavy atom. The number of hydrogen-bond acceptors (Lipinski definition) is 5. The average Bonchev–Trinajstić information content (AvgIpc) is 3.49. The Morgan fingerprint density at radius 2 is 1.71 bits per heavy atom. The summed E-state index contributed by atoms with van der Waals surface area (Å²) in [5.74, 6) is 0.108. The molecule has 2 amide bonds. The molecular weight excluding hydrogens is 501 g/mol. The summed E-state index contributed by atoms with van der Waals surface area (Å²) in [6.45, 7) is 0.467. The van der Waals surface area contributed by atoms with Crippen molar-refractivity contribution in [3.63, 3.8) is 0 Å². The zero-order valence-electron chi connectivity index (χ0n) is 17.6. The summed E-state index contributed by atoms with van der Waals surface area (Å²) in [6.07, 6.45) is 1.52. The van der Waals surface area contributed by atoms with Crippen molar-refractivity contribution in [1.82, 2.24) is 15.4 Å². The predicted octanol–water partition coefficient (Wildman–Crippen LogP) is 6.00. The van der Waals surface area contributed by atoms with Crippen molar-refractivity contribution < 1.29 is 18.5 Å². The molecule has 2 aromatic carbocycles. The number of carbonyl (C=O) groups excluding carboxylic acids is 2. The van der Waals surface area contributed by atoms with Crippen LogP contribution in [0.15, 0.2) is 75.9 Å². The zero-order valence-corrected chi connectivity index (χ0v) is 19.9. The molecule has 0 saturated heterocycles. The van der Waals surface area contributed by atoms with Crippen molar-refractivity contribution in [2.45, 2.75) is 19.6 Å². The molecule has 2 aromatic heterocycles. The molecule has 0 spiro atoms. The van der Waals surface area contributed by atoms with E-state index >= 15 is 0 Å². The minimum atomic E-state index is -0.417. The van der Waals surface area contributed by atoms with Crippen molar-refractivity contribution in [1.29, 1.82) is 0 Å². The first-order valence-electron chi connectivity index (χ1n) is 10.1. The van der Waals surface area contributed by atoms with Crippen LogP contribution in [0, 0.1) is 0 Å². The van der Waals surface area contributed by atoms with Crippen LogP contribution in [0.3, 0.4) is 0 Å². The molecule has 0 saturated carbocycles. The largest absolute Gasteiger partial charge is 0.467 e. The summed E-state index contributed by atoms with van der Waals surface area (Å²) in [5, 5.41) is 7.82. The number of nitrogens with one attached hydrogen (secondary N) is 1. The van der Waals surface area contributed by atoms with E-state index in [1.807, 2.05) is 6.07 Å². The second-order valence-corrected chi connectivity index (χ2v) is 8.64. The van der Waals surface area contributed by atoms with Crippen molar-refractivity contribution in [2.24, 2.45) is 0 Å². The molecule has 0 bridgehead atoms. The van der Waals surface area contributed by atoms with E-state index in [0.717, 1.165) is 5.56 Å². The normalized spacial score (nSPS) is 10.8. The molecule has 0 unspecified atom stereocenters. The van der Waals surface area contributed by atoms with Crippen LogP contribution in [0.25, 0.3) is 0 Å². The molecule has 0 fully saturated rings. The smallest absolute Gasteiger partial charge is 0.273 e. The third kappa shape index (κ3) is 5.99. The fraction of sp³-hybridized carbons (Fsp3) is 0.125. The molecule has 0 aliphatic carbocycles. The van der Waals surface area contributed by atoms with E-state index in [0.29, 0.717) is 21.6 Å². The molecular formula is C24H18Cl3N3O4. The van der Waals surface area contributed by atoms with Gasteiger partial charge in [-0.05, 0) is 48.0 Å². The molecule has 0 aliphatic rings. The van der Waals surface area contributed by atoms with E-state index in [1.165, 1.54) is 23.3 Å². The SMILES string of the molecule is O=C(NCc1cccc(Cl)c1)c1cc(CN(Cc2ccco2)C(=O)c2ccc(Cl)cc2Cl)on1. The zero-order chi connectivity index (χ0) is 24.1. The molecule has 0 radical (unpaired) electrons. The van der Waals surface area contributed by atoms with Gasteiger partial charge in [0.1, 0.15) is 5.76 Å². The maximum atomic E-state index is 13.2. The summed E-state index contributed by atoms with van der Waals surface area (Å²) >= 11 is 18.2. The highest BCUT2D eigenvalue weighted by molar-refractivity contribution is 6.36. The third-order valence-corrected chi connectivity index (χ3v) is 5.64. The van der Waals surface area contributed by atoms with Crippen LogP contribution in [-0.4, -0.2) is 21.9 Å². The highest BCUT2D eigenvalue weighted by atomic mass is 35.5. The van der Waals surface area contributed by atoms with Gasteiger partial charge in [-0.2, -0.15) is 0 Å². The van der Waals surface area contributed by atoms with Gasteiger partial charge in [-0.1, -0.05) is 52.1 Å². The van der Waals surface area contributed by atoms with E-state index in [-0.39, 0.29) is 41.8 Å². The molecule has 174 valence electrons. The first-order valence-corrected chi connectivity index (χ1v) is 11.3. The van der Waals surface area contributed by atoms with E-state index < -0.39 is 5.91 Å². The number of amides is 2. The topological polar surface area (TPSA) is 88.6 Å². The number of benzene rings is 2. The Balaban J connectivity index is 1.48. The molecule has 4 aromatic rings. The van der Waals surface area contributed by atoms with Crippen LogP contribution in [0.1, 0.15) is 37.9 Å². The molecule has 0 atom stereocenters. The number of furan rings is 1. The van der Waals surface area contributed by atoms with Gasteiger partial charge in [-0.15, -0.1) is 0 Å². The third-order valence-electron chi connectivity index (χ3n) is 4.86. The van der Waals surface area contributed by atoms with Gasteiger partial charge >= 0.3 is 0 Å². The number of halogens is 3. The van der Waals surface area contributed by atoms with Crippen LogP contribution >= 0.6 is 34.8 Å². The maximum absolute atomic E-state index is 13.2. The quantitative estimate of drug-likeness (QED) is 0.309. The Morgan fingerprint density at radius 3 is 2.44 bits per heavy atom. The average molecular weight is 519 g/mol. The second kappa shape index (κ2) is 10.8. The molecule has 1 N–H and O–H groups in total. The molecule has 0 aliphatic heterocycles. The van der Waals surface area contributed by atoms with E-state index in [1.54, 1.807) is 42.5 Å². The number of carbonyl (C=O) groups is 2. The fourth-order valence-electron chi connectivity index (χ4n) is 3.23. The van der Waals surface area contributed by atoms with Gasteiger partial charge in [0.25, 0.3) is 11.8 Å². The summed E-state index contributed by atoms with van der Waals surface area (Å²) < 4.78 is 10.7. The van der Waals surface area contributed by atoms with Gasteiger partial charge in [0, 0.05) is 22.7 Å². The van der Waals surface area contributed by atoms with Crippen LogP contribution in [0.2, 0.25) is 15.1 Å². The van der Waals surface area contributed by atoms with Crippen molar-refractivity contribution >= 4 is 46.6 Å². The lowest BCUT2D eigenvalue weighted by Crippen LogP contribution is -2.30. The molecule has 7 nitrogen and oxygen atoms in total. The van der Waals surface area contributed by atoms with Crippen molar-refractivity contribution in [3.05, 3.63) is 110 Å². The number of nitrogens with zero attached hydrogens (tertiary/aromatic N) is 2. The van der Waals surface area contributed by atoms with Crippen molar-refractivity contribution in [3.8, 4) is 0 Å². The monoisotopic (exact) mass is 517 g/mol. The summed E-state index contributed by atoms with van der Waals surface area (Å²) in [6, 6.07) is 16.8. The fourth-order valence-corrected chi connectivity index (χ4v) is 3.93. The Labute approximate surface area is 210 Å².